The fraction of sp³-hybridized carbons (Fsp3) is 0.148. The number of amides is 3. The van der Waals surface area contributed by atoms with Gasteiger partial charge in [-0.15, -0.1) is 0 Å². The lowest BCUT2D eigenvalue weighted by Crippen LogP contribution is -2.31. The highest BCUT2D eigenvalue weighted by molar-refractivity contribution is 6.02. The number of carbonyl (C=O) groups excluding carboxylic acids is 3. The molecule has 3 rings (SSSR count). The molecule has 0 aliphatic rings. The molecule has 3 aromatic carbocycles. The number of benzene rings is 3. The SMILES string of the molecule is CCN(C(=O)Cc1ccc(NC(=O)C=Cc2ccc(NC(C)=O)cc2)cc1)c1ccccc1. The Kier molecular flexibility index (Phi) is 8.13. The van der Waals surface area contributed by atoms with Crippen molar-refractivity contribution >= 4 is 40.9 Å². The second-order valence-electron chi connectivity index (χ2n) is 7.47. The van der Waals surface area contributed by atoms with Crippen LogP contribution in [0.15, 0.2) is 84.9 Å². The van der Waals surface area contributed by atoms with Gasteiger partial charge in [0, 0.05) is 36.6 Å². The molecule has 168 valence electrons. The van der Waals surface area contributed by atoms with Crippen LogP contribution in [0.4, 0.5) is 17.1 Å². The first-order chi connectivity index (χ1) is 15.9. The molecule has 2 N–H and O–H groups in total. The van der Waals surface area contributed by atoms with Crippen LogP contribution in [0.1, 0.15) is 25.0 Å². The van der Waals surface area contributed by atoms with Gasteiger partial charge in [0.05, 0.1) is 6.42 Å². The smallest absolute Gasteiger partial charge is 0.248 e. The standard InChI is InChI=1S/C27H27N3O3/c1-3-30(25-7-5-4-6-8-25)27(33)19-22-11-16-24(17-12-22)29-26(32)18-13-21-9-14-23(15-10-21)28-20(2)31/h4-18H,3,19H2,1-2H3,(H,28,31)(H,29,32). The summed E-state index contributed by atoms with van der Waals surface area (Å²) in [6, 6.07) is 24.0. The van der Waals surface area contributed by atoms with Gasteiger partial charge in [0.25, 0.3) is 0 Å². The molecule has 0 saturated carbocycles. The number of carbonyl (C=O) groups is 3. The van der Waals surface area contributed by atoms with Crippen molar-refractivity contribution in [3.63, 3.8) is 0 Å². The van der Waals surface area contributed by atoms with Crippen molar-refractivity contribution in [1.29, 1.82) is 0 Å². The molecule has 0 atom stereocenters. The zero-order valence-corrected chi connectivity index (χ0v) is 18.7. The van der Waals surface area contributed by atoms with Crippen LogP contribution < -0.4 is 15.5 Å². The molecule has 33 heavy (non-hydrogen) atoms. The maximum absolute atomic E-state index is 12.7. The molecule has 0 fully saturated rings. The fourth-order valence-corrected chi connectivity index (χ4v) is 3.32. The predicted octanol–water partition coefficient (Wildman–Crippen LogP) is 4.89. The molecule has 0 unspecified atom stereocenters. The summed E-state index contributed by atoms with van der Waals surface area (Å²) < 4.78 is 0. The topological polar surface area (TPSA) is 78.5 Å². The third kappa shape index (κ3) is 7.18. The molecule has 3 aromatic rings. The zero-order chi connectivity index (χ0) is 23.6. The monoisotopic (exact) mass is 441 g/mol. The predicted molar refractivity (Wildman–Crippen MR) is 133 cm³/mol. The highest BCUT2D eigenvalue weighted by Gasteiger charge is 2.14. The van der Waals surface area contributed by atoms with Gasteiger partial charge in [0.1, 0.15) is 0 Å². The van der Waals surface area contributed by atoms with Crippen molar-refractivity contribution < 1.29 is 14.4 Å². The number of para-hydroxylation sites is 1. The van der Waals surface area contributed by atoms with Crippen LogP contribution >= 0.6 is 0 Å². The first-order valence-corrected chi connectivity index (χ1v) is 10.8. The Hall–Kier alpha value is -4.19. The molecule has 6 nitrogen and oxygen atoms in total. The Morgan fingerprint density at radius 2 is 1.42 bits per heavy atom. The van der Waals surface area contributed by atoms with Gasteiger partial charge in [0.2, 0.25) is 17.7 Å². The molecule has 0 radical (unpaired) electrons. The summed E-state index contributed by atoms with van der Waals surface area (Å²) in [6.07, 6.45) is 3.43. The van der Waals surface area contributed by atoms with Crippen molar-refractivity contribution in [3.8, 4) is 0 Å². The second kappa shape index (κ2) is 11.4. The molecule has 0 aliphatic carbocycles. The summed E-state index contributed by atoms with van der Waals surface area (Å²) in [4.78, 5) is 37.8. The average molecular weight is 442 g/mol. The van der Waals surface area contributed by atoms with E-state index in [-0.39, 0.29) is 24.1 Å². The summed E-state index contributed by atoms with van der Waals surface area (Å²) in [6.45, 7) is 4.00. The third-order valence-electron chi connectivity index (χ3n) is 4.92. The Balaban J connectivity index is 1.54. The van der Waals surface area contributed by atoms with Crippen molar-refractivity contribution in [2.24, 2.45) is 0 Å². The molecule has 0 aromatic heterocycles. The van der Waals surface area contributed by atoms with E-state index < -0.39 is 0 Å². The van der Waals surface area contributed by atoms with E-state index in [1.807, 2.05) is 61.5 Å². The lowest BCUT2D eigenvalue weighted by atomic mass is 10.1. The molecule has 0 aliphatic heterocycles. The number of hydrogen-bond donors (Lipinski definition) is 2. The average Bonchev–Trinajstić information content (AvgIpc) is 2.81. The van der Waals surface area contributed by atoms with E-state index in [2.05, 4.69) is 10.6 Å². The summed E-state index contributed by atoms with van der Waals surface area (Å²) in [5, 5.41) is 5.51. The molecule has 0 bridgehead atoms. The summed E-state index contributed by atoms with van der Waals surface area (Å²) >= 11 is 0. The quantitative estimate of drug-likeness (QED) is 0.489. The van der Waals surface area contributed by atoms with Crippen molar-refractivity contribution in [1.82, 2.24) is 0 Å². The van der Waals surface area contributed by atoms with Gasteiger partial charge in [0.15, 0.2) is 0 Å². The van der Waals surface area contributed by atoms with Crippen molar-refractivity contribution in [3.05, 3.63) is 96.1 Å². The third-order valence-corrected chi connectivity index (χ3v) is 4.92. The highest BCUT2D eigenvalue weighted by atomic mass is 16.2. The van der Waals surface area contributed by atoms with Crippen LogP contribution in [-0.4, -0.2) is 24.3 Å². The van der Waals surface area contributed by atoms with Crippen LogP contribution in [0.25, 0.3) is 6.08 Å². The molecular weight excluding hydrogens is 414 g/mol. The number of anilines is 3. The van der Waals surface area contributed by atoms with E-state index in [9.17, 15) is 14.4 Å². The Bertz CT molecular complexity index is 1120. The minimum Gasteiger partial charge on any atom is -0.326 e. The maximum Gasteiger partial charge on any atom is 0.248 e. The molecule has 6 heteroatoms. The van der Waals surface area contributed by atoms with Gasteiger partial charge in [-0.3, -0.25) is 14.4 Å². The molecule has 0 spiro atoms. The zero-order valence-electron chi connectivity index (χ0n) is 18.7. The molecule has 0 heterocycles. The van der Waals surface area contributed by atoms with E-state index >= 15 is 0 Å². The van der Waals surface area contributed by atoms with Crippen LogP contribution in [0.5, 0.6) is 0 Å². The van der Waals surface area contributed by atoms with Crippen molar-refractivity contribution in [2.75, 3.05) is 22.1 Å². The van der Waals surface area contributed by atoms with Gasteiger partial charge in [-0.25, -0.2) is 0 Å². The lowest BCUT2D eigenvalue weighted by Gasteiger charge is -2.21. The van der Waals surface area contributed by atoms with Crippen LogP contribution in [0.2, 0.25) is 0 Å². The first-order valence-electron chi connectivity index (χ1n) is 10.8. The summed E-state index contributed by atoms with van der Waals surface area (Å²) in [5.41, 5.74) is 3.95. The first kappa shape index (κ1) is 23.5. The Morgan fingerprint density at radius 1 is 0.818 bits per heavy atom. The number of likely N-dealkylation sites (N-methyl/N-ethyl adjacent to an activating group) is 1. The molecule has 3 amide bonds. The summed E-state index contributed by atoms with van der Waals surface area (Å²) in [7, 11) is 0. The molecular formula is C27H27N3O3. The van der Waals surface area contributed by atoms with Crippen LogP contribution in [0.3, 0.4) is 0 Å². The number of rotatable bonds is 8. The van der Waals surface area contributed by atoms with Gasteiger partial charge in [-0.2, -0.15) is 0 Å². The van der Waals surface area contributed by atoms with E-state index in [0.717, 1.165) is 16.8 Å². The highest BCUT2D eigenvalue weighted by Crippen LogP contribution is 2.16. The molecule has 0 saturated heterocycles. The Labute approximate surface area is 193 Å². The fourth-order valence-electron chi connectivity index (χ4n) is 3.32. The number of nitrogens with zero attached hydrogens (tertiary/aromatic N) is 1. The van der Waals surface area contributed by atoms with Gasteiger partial charge in [-0.05, 0) is 60.5 Å². The largest absolute Gasteiger partial charge is 0.326 e. The van der Waals surface area contributed by atoms with E-state index in [0.29, 0.717) is 17.9 Å². The minimum absolute atomic E-state index is 0.0212. The number of hydrogen-bond acceptors (Lipinski definition) is 3. The second-order valence-corrected chi connectivity index (χ2v) is 7.47. The number of nitrogens with one attached hydrogen (secondary N) is 2. The lowest BCUT2D eigenvalue weighted by molar-refractivity contribution is -0.118. The Morgan fingerprint density at radius 3 is 2.03 bits per heavy atom. The van der Waals surface area contributed by atoms with Gasteiger partial charge in [-0.1, -0.05) is 42.5 Å². The van der Waals surface area contributed by atoms with Gasteiger partial charge < -0.3 is 15.5 Å². The van der Waals surface area contributed by atoms with Crippen LogP contribution in [-0.2, 0) is 20.8 Å². The van der Waals surface area contributed by atoms with E-state index in [1.165, 1.54) is 13.0 Å². The van der Waals surface area contributed by atoms with E-state index in [1.54, 1.807) is 35.2 Å². The summed E-state index contributed by atoms with van der Waals surface area (Å²) in [5.74, 6) is -0.370. The normalized spacial score (nSPS) is 10.6. The minimum atomic E-state index is -0.258. The maximum atomic E-state index is 12.7. The van der Waals surface area contributed by atoms with Gasteiger partial charge >= 0.3 is 0 Å². The van der Waals surface area contributed by atoms with E-state index in [4.69, 9.17) is 0 Å². The van der Waals surface area contributed by atoms with Crippen LogP contribution in [0, 0.1) is 0 Å². The van der Waals surface area contributed by atoms with Crippen molar-refractivity contribution in [2.45, 2.75) is 20.3 Å².